The lowest BCUT2D eigenvalue weighted by atomic mass is 10.2. The predicted molar refractivity (Wildman–Crippen MR) is 116 cm³/mol. The molecule has 0 unspecified atom stereocenters. The van der Waals surface area contributed by atoms with E-state index in [9.17, 15) is 0 Å². The van der Waals surface area contributed by atoms with Crippen molar-refractivity contribution in [3.05, 3.63) is 27.2 Å². The van der Waals surface area contributed by atoms with Crippen molar-refractivity contribution in [1.29, 1.82) is 0 Å². The molecule has 7 nitrogen and oxygen atoms in total. The third-order valence-corrected chi connectivity index (χ3v) is 5.81. The minimum absolute atomic E-state index is 0. The van der Waals surface area contributed by atoms with Crippen LogP contribution in [0.4, 0.5) is 0 Å². The molecule has 26 heavy (non-hydrogen) atoms. The number of nitrogens with one attached hydrogen (secondary N) is 2. The van der Waals surface area contributed by atoms with Gasteiger partial charge in [0.15, 0.2) is 11.8 Å². The van der Waals surface area contributed by atoms with Gasteiger partial charge in [0.2, 0.25) is 0 Å². The normalized spacial score (nSPS) is 15.2. The molecule has 0 radical (unpaired) electrons. The number of hydrogen-bond acceptors (Lipinski definition) is 5. The molecule has 3 rings (SSSR count). The fraction of sp³-hybridized carbons (Fsp3) is 0.647. The maximum atomic E-state index is 4.72. The fourth-order valence-corrected chi connectivity index (χ4v) is 3.80. The van der Waals surface area contributed by atoms with Crippen molar-refractivity contribution in [3.63, 3.8) is 0 Å². The lowest BCUT2D eigenvalue weighted by molar-refractivity contribution is 0.609. The van der Waals surface area contributed by atoms with Gasteiger partial charge in [0.25, 0.3) is 0 Å². The van der Waals surface area contributed by atoms with Gasteiger partial charge in [0.05, 0.1) is 12.2 Å². The Morgan fingerprint density at radius 3 is 2.54 bits per heavy atom. The average Bonchev–Trinajstić information content (AvgIpc) is 3.28. The standard InChI is InChI=1S/C17H27N7S.HI/c1-11-12(2)25-16(20-11)10-19-17(21-14-7-5-6-8-14)18-9-15-23-22-13(3)24(15)4;/h14H,5-10H2,1-4H3,(H2,18,19,21);1H. The van der Waals surface area contributed by atoms with E-state index in [2.05, 4.69) is 39.7 Å². The van der Waals surface area contributed by atoms with Crippen LogP contribution in [-0.2, 0) is 20.1 Å². The zero-order valence-corrected chi connectivity index (χ0v) is 19.0. The highest BCUT2D eigenvalue weighted by Gasteiger charge is 2.16. The first-order valence-electron chi connectivity index (χ1n) is 8.85. The Morgan fingerprint density at radius 1 is 1.23 bits per heavy atom. The summed E-state index contributed by atoms with van der Waals surface area (Å²) in [6.07, 6.45) is 5.00. The van der Waals surface area contributed by atoms with Crippen molar-refractivity contribution in [3.8, 4) is 0 Å². The average molecular weight is 489 g/mol. The highest BCUT2D eigenvalue weighted by Crippen LogP contribution is 2.18. The van der Waals surface area contributed by atoms with E-state index in [1.54, 1.807) is 11.3 Å². The Bertz CT molecular complexity index is 727. The van der Waals surface area contributed by atoms with Crippen LogP contribution in [0, 0.1) is 20.8 Å². The van der Waals surface area contributed by atoms with Crippen molar-refractivity contribution in [2.24, 2.45) is 12.0 Å². The predicted octanol–water partition coefficient (Wildman–Crippen LogP) is 2.99. The molecule has 0 atom stereocenters. The highest BCUT2D eigenvalue weighted by atomic mass is 127. The largest absolute Gasteiger partial charge is 0.354 e. The van der Waals surface area contributed by atoms with Gasteiger partial charge in [-0.1, -0.05) is 12.8 Å². The SMILES string of the molecule is Cc1nc(CNC(=NCc2nnc(C)n2C)NC2CCCC2)sc1C.I. The molecule has 2 heterocycles. The maximum Gasteiger partial charge on any atom is 0.192 e. The maximum absolute atomic E-state index is 4.72. The summed E-state index contributed by atoms with van der Waals surface area (Å²) in [5, 5.41) is 16.4. The molecule has 1 aliphatic rings. The zero-order valence-electron chi connectivity index (χ0n) is 15.9. The number of rotatable bonds is 5. The number of guanidine groups is 1. The first kappa shape index (κ1) is 21.1. The molecule has 2 N–H and O–H groups in total. The topological polar surface area (TPSA) is 80.0 Å². The second-order valence-corrected chi connectivity index (χ2v) is 7.90. The molecule has 0 saturated heterocycles. The van der Waals surface area contributed by atoms with Crippen LogP contribution in [0.5, 0.6) is 0 Å². The summed E-state index contributed by atoms with van der Waals surface area (Å²) in [6, 6.07) is 0.507. The molecule has 1 fully saturated rings. The van der Waals surface area contributed by atoms with Gasteiger partial charge in [-0.25, -0.2) is 9.98 Å². The molecule has 2 aromatic heterocycles. The van der Waals surface area contributed by atoms with E-state index in [0.717, 1.165) is 28.3 Å². The van der Waals surface area contributed by atoms with Crippen LogP contribution in [0.3, 0.4) is 0 Å². The Balaban J connectivity index is 0.00000243. The number of aryl methyl sites for hydroxylation is 3. The van der Waals surface area contributed by atoms with Gasteiger partial charge >= 0.3 is 0 Å². The monoisotopic (exact) mass is 489 g/mol. The summed E-state index contributed by atoms with van der Waals surface area (Å²) in [5.74, 6) is 2.60. The first-order chi connectivity index (χ1) is 12.0. The third kappa shape index (κ3) is 5.38. The molecular weight excluding hydrogens is 461 g/mol. The summed E-state index contributed by atoms with van der Waals surface area (Å²) in [6.45, 7) is 7.31. The summed E-state index contributed by atoms with van der Waals surface area (Å²) in [7, 11) is 1.97. The van der Waals surface area contributed by atoms with Crippen LogP contribution in [-0.4, -0.2) is 31.7 Å². The third-order valence-electron chi connectivity index (χ3n) is 4.74. The molecule has 1 aliphatic carbocycles. The van der Waals surface area contributed by atoms with Gasteiger partial charge < -0.3 is 15.2 Å². The quantitative estimate of drug-likeness (QED) is 0.384. The van der Waals surface area contributed by atoms with Crippen LogP contribution >= 0.6 is 35.3 Å². The molecule has 0 aliphatic heterocycles. The van der Waals surface area contributed by atoms with Gasteiger partial charge in [0.1, 0.15) is 17.4 Å². The first-order valence-corrected chi connectivity index (χ1v) is 9.67. The smallest absolute Gasteiger partial charge is 0.192 e. The highest BCUT2D eigenvalue weighted by molar-refractivity contribution is 14.0. The lowest BCUT2D eigenvalue weighted by Crippen LogP contribution is -2.42. The Morgan fingerprint density at radius 2 is 1.96 bits per heavy atom. The zero-order chi connectivity index (χ0) is 17.8. The summed E-state index contributed by atoms with van der Waals surface area (Å²) in [5.41, 5.74) is 1.11. The van der Waals surface area contributed by atoms with Crippen LogP contribution in [0.25, 0.3) is 0 Å². The molecule has 9 heteroatoms. The molecule has 0 amide bonds. The van der Waals surface area contributed by atoms with Crippen LogP contribution in [0.1, 0.15) is 52.9 Å². The van der Waals surface area contributed by atoms with E-state index in [4.69, 9.17) is 4.99 Å². The van der Waals surface area contributed by atoms with E-state index in [-0.39, 0.29) is 24.0 Å². The number of hydrogen-bond donors (Lipinski definition) is 2. The van der Waals surface area contributed by atoms with Crippen molar-refractivity contribution < 1.29 is 0 Å². The van der Waals surface area contributed by atoms with Crippen LogP contribution < -0.4 is 10.6 Å². The number of thiazole rings is 1. The molecule has 0 aromatic carbocycles. The van der Waals surface area contributed by atoms with Gasteiger partial charge in [-0.05, 0) is 33.6 Å². The van der Waals surface area contributed by atoms with Crippen molar-refractivity contribution in [2.75, 3.05) is 0 Å². The lowest BCUT2D eigenvalue weighted by Gasteiger charge is -2.17. The number of aromatic nitrogens is 4. The minimum Gasteiger partial charge on any atom is -0.354 e. The van der Waals surface area contributed by atoms with Gasteiger partial charge in [-0.2, -0.15) is 0 Å². The van der Waals surface area contributed by atoms with Crippen molar-refractivity contribution in [1.82, 2.24) is 30.4 Å². The second kappa shape index (κ2) is 9.63. The van der Waals surface area contributed by atoms with Gasteiger partial charge in [-0.15, -0.1) is 45.5 Å². The molecule has 0 bridgehead atoms. The van der Waals surface area contributed by atoms with E-state index in [1.165, 1.54) is 30.6 Å². The van der Waals surface area contributed by atoms with Crippen LogP contribution in [0.15, 0.2) is 4.99 Å². The number of aliphatic imine (C=N–C) groups is 1. The number of nitrogens with zero attached hydrogens (tertiary/aromatic N) is 5. The summed E-state index contributed by atoms with van der Waals surface area (Å²) < 4.78 is 1.98. The van der Waals surface area contributed by atoms with Gasteiger partial charge in [0, 0.05) is 18.0 Å². The molecule has 144 valence electrons. The van der Waals surface area contributed by atoms with Crippen molar-refractivity contribution in [2.45, 2.75) is 65.6 Å². The van der Waals surface area contributed by atoms with Crippen LogP contribution in [0.2, 0.25) is 0 Å². The Labute approximate surface area is 176 Å². The number of halogens is 1. The Hall–Kier alpha value is -1.23. The summed E-state index contributed by atoms with van der Waals surface area (Å²) >= 11 is 1.74. The van der Waals surface area contributed by atoms with Crippen molar-refractivity contribution >= 4 is 41.3 Å². The minimum atomic E-state index is 0. The van der Waals surface area contributed by atoms with E-state index in [0.29, 0.717) is 19.1 Å². The summed E-state index contributed by atoms with van der Waals surface area (Å²) in [4.78, 5) is 10.6. The molecule has 1 saturated carbocycles. The molecule has 0 spiro atoms. The van der Waals surface area contributed by atoms with E-state index < -0.39 is 0 Å². The fourth-order valence-electron chi connectivity index (χ4n) is 2.93. The Kier molecular flexibility index (Phi) is 7.81. The van der Waals surface area contributed by atoms with Gasteiger partial charge in [-0.3, -0.25) is 0 Å². The molecular formula is C17H28IN7S. The molecule has 2 aromatic rings. The second-order valence-electron chi connectivity index (χ2n) is 6.62. The van der Waals surface area contributed by atoms with E-state index >= 15 is 0 Å². The van der Waals surface area contributed by atoms with E-state index in [1.807, 2.05) is 18.5 Å².